The molecule has 0 radical (unpaired) electrons. The maximum Gasteiger partial charge on any atom is 0.0346 e. The van der Waals surface area contributed by atoms with E-state index in [-0.39, 0.29) is 0 Å². The first-order valence-corrected chi connectivity index (χ1v) is 8.87. The van der Waals surface area contributed by atoms with Gasteiger partial charge in [-0.3, -0.25) is 0 Å². The lowest BCUT2D eigenvalue weighted by Gasteiger charge is -2.11. The van der Waals surface area contributed by atoms with Crippen LogP contribution in [0.3, 0.4) is 0 Å². The summed E-state index contributed by atoms with van der Waals surface area (Å²) in [6.07, 6.45) is 3.40. The number of thioether (sulfide) groups is 1. The van der Waals surface area contributed by atoms with Crippen molar-refractivity contribution in [1.82, 2.24) is 5.32 Å². The zero-order valence-corrected chi connectivity index (χ0v) is 13.2. The smallest absolute Gasteiger partial charge is 0.0346 e. The Morgan fingerprint density at radius 3 is 2.68 bits per heavy atom. The summed E-state index contributed by atoms with van der Waals surface area (Å²) in [4.78, 5) is 2.77. The quantitative estimate of drug-likeness (QED) is 0.797. The van der Waals surface area contributed by atoms with Crippen molar-refractivity contribution in [3.63, 3.8) is 0 Å². The van der Waals surface area contributed by atoms with E-state index in [1.54, 1.807) is 0 Å². The molecule has 0 amide bonds. The molecule has 1 aromatic carbocycles. The molecule has 2 rings (SSSR count). The molecule has 2 aromatic rings. The lowest BCUT2D eigenvalue weighted by molar-refractivity contribution is 0.541. The van der Waals surface area contributed by atoms with Gasteiger partial charge in [-0.1, -0.05) is 30.3 Å². The molecule has 0 saturated carbocycles. The standard InChI is InChI=1S/C16H21NS2/c1-13(10-11-18-2)17-12-15-8-9-16(19-15)14-6-4-3-5-7-14/h3-9,13,17H,10-12H2,1-2H3. The second kappa shape index (κ2) is 7.73. The van der Waals surface area contributed by atoms with Gasteiger partial charge in [-0.2, -0.15) is 11.8 Å². The average molecular weight is 291 g/mol. The predicted octanol–water partition coefficient (Wildman–Crippen LogP) is 4.65. The van der Waals surface area contributed by atoms with Gasteiger partial charge in [0.25, 0.3) is 0 Å². The van der Waals surface area contributed by atoms with E-state index in [0.29, 0.717) is 6.04 Å². The summed E-state index contributed by atoms with van der Waals surface area (Å²) in [7, 11) is 0. The second-order valence-electron chi connectivity index (χ2n) is 4.70. The molecule has 1 nitrogen and oxygen atoms in total. The summed E-state index contributed by atoms with van der Waals surface area (Å²) in [5.74, 6) is 1.23. The maximum atomic E-state index is 3.60. The molecule has 0 aliphatic rings. The summed E-state index contributed by atoms with van der Waals surface area (Å²) >= 11 is 3.80. The van der Waals surface area contributed by atoms with E-state index in [9.17, 15) is 0 Å². The number of rotatable bonds is 7. The zero-order chi connectivity index (χ0) is 13.5. The summed E-state index contributed by atoms with van der Waals surface area (Å²) in [6.45, 7) is 3.25. The topological polar surface area (TPSA) is 12.0 Å². The zero-order valence-electron chi connectivity index (χ0n) is 11.6. The van der Waals surface area contributed by atoms with Gasteiger partial charge >= 0.3 is 0 Å². The molecule has 19 heavy (non-hydrogen) atoms. The van der Waals surface area contributed by atoms with Gasteiger partial charge in [0.05, 0.1) is 0 Å². The maximum absolute atomic E-state index is 3.60. The van der Waals surface area contributed by atoms with Crippen molar-refractivity contribution >= 4 is 23.1 Å². The molecule has 1 heterocycles. The van der Waals surface area contributed by atoms with Crippen LogP contribution in [0, 0.1) is 0 Å². The highest BCUT2D eigenvalue weighted by Gasteiger charge is 2.04. The van der Waals surface area contributed by atoms with Crippen molar-refractivity contribution in [2.45, 2.75) is 25.9 Å². The van der Waals surface area contributed by atoms with Crippen molar-refractivity contribution in [2.24, 2.45) is 0 Å². The van der Waals surface area contributed by atoms with Crippen LogP contribution in [0.1, 0.15) is 18.2 Å². The highest BCUT2D eigenvalue weighted by atomic mass is 32.2. The first-order valence-electron chi connectivity index (χ1n) is 6.66. The van der Waals surface area contributed by atoms with Gasteiger partial charge in [0.1, 0.15) is 0 Å². The van der Waals surface area contributed by atoms with Crippen LogP contribution in [-0.4, -0.2) is 18.1 Å². The lowest BCUT2D eigenvalue weighted by atomic mass is 10.2. The van der Waals surface area contributed by atoms with Crippen molar-refractivity contribution in [3.8, 4) is 10.4 Å². The van der Waals surface area contributed by atoms with Crippen LogP contribution in [0.5, 0.6) is 0 Å². The second-order valence-corrected chi connectivity index (χ2v) is 6.85. The minimum absolute atomic E-state index is 0.592. The van der Waals surface area contributed by atoms with Gasteiger partial charge in [0.2, 0.25) is 0 Å². The Hall–Kier alpha value is -0.770. The van der Waals surface area contributed by atoms with E-state index < -0.39 is 0 Å². The van der Waals surface area contributed by atoms with E-state index in [1.807, 2.05) is 23.1 Å². The molecule has 3 heteroatoms. The summed E-state index contributed by atoms with van der Waals surface area (Å²) in [6, 6.07) is 15.6. The Balaban J connectivity index is 1.88. The summed E-state index contributed by atoms with van der Waals surface area (Å²) in [5.41, 5.74) is 1.31. The molecular formula is C16H21NS2. The number of benzene rings is 1. The van der Waals surface area contributed by atoms with Crippen molar-refractivity contribution in [3.05, 3.63) is 47.3 Å². The highest BCUT2D eigenvalue weighted by molar-refractivity contribution is 7.98. The minimum Gasteiger partial charge on any atom is -0.309 e. The SMILES string of the molecule is CSCCC(C)NCc1ccc(-c2ccccc2)s1. The van der Waals surface area contributed by atoms with Crippen molar-refractivity contribution in [2.75, 3.05) is 12.0 Å². The van der Waals surface area contributed by atoms with E-state index >= 15 is 0 Å². The molecule has 1 aromatic heterocycles. The lowest BCUT2D eigenvalue weighted by Crippen LogP contribution is -2.25. The van der Waals surface area contributed by atoms with Crippen LogP contribution in [0.2, 0.25) is 0 Å². The monoisotopic (exact) mass is 291 g/mol. The molecule has 0 bridgehead atoms. The Morgan fingerprint density at radius 1 is 1.16 bits per heavy atom. The van der Waals surface area contributed by atoms with E-state index in [0.717, 1.165) is 6.54 Å². The average Bonchev–Trinajstić information content (AvgIpc) is 2.93. The molecule has 1 N–H and O–H groups in total. The van der Waals surface area contributed by atoms with Gasteiger partial charge in [-0.25, -0.2) is 0 Å². The van der Waals surface area contributed by atoms with Gasteiger partial charge in [0.15, 0.2) is 0 Å². The molecular weight excluding hydrogens is 270 g/mol. The molecule has 1 unspecified atom stereocenters. The van der Waals surface area contributed by atoms with Crippen molar-refractivity contribution < 1.29 is 0 Å². The van der Waals surface area contributed by atoms with Crippen molar-refractivity contribution in [1.29, 1.82) is 0 Å². The van der Waals surface area contributed by atoms with Crippen LogP contribution in [-0.2, 0) is 6.54 Å². The third kappa shape index (κ3) is 4.68. The van der Waals surface area contributed by atoms with Crippen LogP contribution < -0.4 is 5.32 Å². The van der Waals surface area contributed by atoms with Crippen LogP contribution >= 0.6 is 23.1 Å². The van der Waals surface area contributed by atoms with E-state index in [4.69, 9.17) is 0 Å². The fraction of sp³-hybridized carbons (Fsp3) is 0.375. The molecule has 102 valence electrons. The Labute approximate surface area is 124 Å². The Bertz CT molecular complexity index is 479. The van der Waals surface area contributed by atoms with Gasteiger partial charge in [-0.05, 0) is 43.0 Å². The molecule has 0 saturated heterocycles. The normalized spacial score (nSPS) is 12.5. The minimum atomic E-state index is 0.592. The molecule has 0 fully saturated rings. The van der Waals surface area contributed by atoms with Crippen LogP contribution in [0.25, 0.3) is 10.4 Å². The Morgan fingerprint density at radius 2 is 1.95 bits per heavy atom. The number of nitrogens with one attached hydrogen (secondary N) is 1. The largest absolute Gasteiger partial charge is 0.309 e. The number of thiophene rings is 1. The molecule has 0 aliphatic carbocycles. The summed E-state index contributed by atoms with van der Waals surface area (Å²) < 4.78 is 0. The predicted molar refractivity (Wildman–Crippen MR) is 89.1 cm³/mol. The first kappa shape index (κ1) is 14.6. The number of hydrogen-bond acceptors (Lipinski definition) is 3. The highest BCUT2D eigenvalue weighted by Crippen LogP contribution is 2.27. The molecule has 0 spiro atoms. The third-order valence-electron chi connectivity index (χ3n) is 3.10. The van der Waals surface area contributed by atoms with E-state index in [2.05, 4.69) is 61.0 Å². The van der Waals surface area contributed by atoms with Crippen LogP contribution in [0.4, 0.5) is 0 Å². The third-order valence-corrected chi connectivity index (χ3v) is 4.88. The molecule has 0 aliphatic heterocycles. The number of hydrogen-bond donors (Lipinski definition) is 1. The fourth-order valence-corrected chi connectivity index (χ4v) is 3.46. The van der Waals surface area contributed by atoms with Gasteiger partial charge in [-0.15, -0.1) is 11.3 Å². The Kier molecular flexibility index (Phi) is 5.95. The first-order chi connectivity index (χ1) is 9.29. The van der Waals surface area contributed by atoms with Crippen LogP contribution in [0.15, 0.2) is 42.5 Å². The fourth-order valence-electron chi connectivity index (χ4n) is 1.90. The van der Waals surface area contributed by atoms with Gasteiger partial charge in [0, 0.05) is 22.3 Å². The van der Waals surface area contributed by atoms with Gasteiger partial charge < -0.3 is 5.32 Å². The summed E-state index contributed by atoms with van der Waals surface area (Å²) in [5, 5.41) is 3.60. The van der Waals surface area contributed by atoms with E-state index in [1.165, 1.54) is 27.5 Å². The molecule has 1 atom stereocenters.